The minimum absolute atomic E-state index is 0. The van der Waals surface area contributed by atoms with Gasteiger partial charge in [-0.2, -0.15) is 5.10 Å². The van der Waals surface area contributed by atoms with Crippen molar-refractivity contribution < 1.29 is 0 Å². The van der Waals surface area contributed by atoms with E-state index in [9.17, 15) is 0 Å². The SMILES string of the molecule is Cl.c1cc(C2CCN(CC3CCNCC3)CC2)[nH]n1. The fraction of sp³-hybridized carbons (Fsp3) is 0.786. The van der Waals surface area contributed by atoms with Crippen LogP contribution >= 0.6 is 12.4 Å². The Balaban J connectivity index is 0.00000133. The maximum Gasteiger partial charge on any atom is 0.0490 e. The molecule has 0 bridgehead atoms. The van der Waals surface area contributed by atoms with Gasteiger partial charge < -0.3 is 10.2 Å². The quantitative estimate of drug-likeness (QED) is 0.892. The molecule has 4 nitrogen and oxygen atoms in total. The maximum atomic E-state index is 4.06. The highest BCUT2D eigenvalue weighted by Crippen LogP contribution is 2.27. The highest BCUT2D eigenvalue weighted by atomic mass is 35.5. The molecule has 3 heterocycles. The lowest BCUT2D eigenvalue weighted by molar-refractivity contribution is 0.166. The zero-order valence-electron chi connectivity index (χ0n) is 11.5. The first kappa shape index (κ1) is 14.8. The summed E-state index contributed by atoms with van der Waals surface area (Å²) in [7, 11) is 0. The molecule has 3 rings (SSSR count). The largest absolute Gasteiger partial charge is 0.317 e. The summed E-state index contributed by atoms with van der Waals surface area (Å²) in [5, 5.41) is 10.6. The molecular weight excluding hydrogens is 260 g/mol. The average Bonchev–Trinajstić information content (AvgIpc) is 2.95. The number of nitrogens with zero attached hydrogens (tertiary/aromatic N) is 2. The van der Waals surface area contributed by atoms with Crippen molar-refractivity contribution in [1.82, 2.24) is 20.4 Å². The fourth-order valence-electron chi connectivity index (χ4n) is 3.35. The van der Waals surface area contributed by atoms with Gasteiger partial charge in [0.1, 0.15) is 0 Å². The van der Waals surface area contributed by atoms with Gasteiger partial charge in [-0.15, -0.1) is 12.4 Å². The van der Waals surface area contributed by atoms with Gasteiger partial charge in [0, 0.05) is 24.4 Å². The Labute approximate surface area is 121 Å². The first-order valence-corrected chi connectivity index (χ1v) is 7.34. The standard InChI is InChI=1S/C14H24N4.ClH/c1-6-15-7-2-12(1)11-18-9-4-13(5-10-18)14-3-8-16-17-14;/h3,8,12-13,15H,1-2,4-7,9-11H2,(H,16,17);1H. The predicted molar refractivity (Wildman–Crippen MR) is 79.8 cm³/mol. The number of likely N-dealkylation sites (tertiary alicyclic amines) is 1. The van der Waals surface area contributed by atoms with Gasteiger partial charge in [0.2, 0.25) is 0 Å². The molecule has 108 valence electrons. The lowest BCUT2D eigenvalue weighted by Gasteiger charge is -2.35. The molecule has 0 aromatic carbocycles. The van der Waals surface area contributed by atoms with Crippen molar-refractivity contribution in [3.8, 4) is 0 Å². The smallest absolute Gasteiger partial charge is 0.0490 e. The van der Waals surface area contributed by atoms with Gasteiger partial charge in [0.25, 0.3) is 0 Å². The normalized spacial score (nSPS) is 23.2. The molecule has 0 unspecified atom stereocenters. The Morgan fingerprint density at radius 3 is 2.53 bits per heavy atom. The van der Waals surface area contributed by atoms with Crippen molar-refractivity contribution in [2.24, 2.45) is 5.92 Å². The van der Waals surface area contributed by atoms with E-state index in [0.29, 0.717) is 5.92 Å². The topological polar surface area (TPSA) is 44.0 Å². The van der Waals surface area contributed by atoms with Crippen LogP contribution in [0.4, 0.5) is 0 Å². The highest BCUT2D eigenvalue weighted by molar-refractivity contribution is 5.85. The molecule has 0 radical (unpaired) electrons. The zero-order chi connectivity index (χ0) is 12.2. The molecule has 0 aliphatic carbocycles. The minimum atomic E-state index is 0. The molecule has 1 aromatic heterocycles. The van der Waals surface area contributed by atoms with Gasteiger partial charge in [-0.1, -0.05) is 0 Å². The Kier molecular flexibility index (Phi) is 5.67. The molecule has 2 N–H and O–H groups in total. The molecule has 2 fully saturated rings. The molecule has 0 spiro atoms. The third kappa shape index (κ3) is 3.94. The molecule has 2 aliphatic heterocycles. The number of hydrogen-bond donors (Lipinski definition) is 2. The number of hydrogen-bond acceptors (Lipinski definition) is 3. The van der Waals surface area contributed by atoms with E-state index in [4.69, 9.17) is 0 Å². The van der Waals surface area contributed by atoms with Gasteiger partial charge in [-0.3, -0.25) is 5.10 Å². The van der Waals surface area contributed by atoms with Crippen molar-refractivity contribution in [3.05, 3.63) is 18.0 Å². The van der Waals surface area contributed by atoms with E-state index in [1.54, 1.807) is 0 Å². The number of halogens is 1. The number of rotatable bonds is 3. The highest BCUT2D eigenvalue weighted by Gasteiger charge is 2.23. The molecule has 19 heavy (non-hydrogen) atoms. The summed E-state index contributed by atoms with van der Waals surface area (Å²) in [6.07, 6.45) is 7.16. The minimum Gasteiger partial charge on any atom is -0.317 e. The molecule has 0 amide bonds. The Bertz CT molecular complexity index is 340. The first-order valence-electron chi connectivity index (χ1n) is 7.34. The maximum absolute atomic E-state index is 4.06. The van der Waals surface area contributed by atoms with Crippen molar-refractivity contribution >= 4 is 12.4 Å². The Morgan fingerprint density at radius 2 is 1.89 bits per heavy atom. The summed E-state index contributed by atoms with van der Waals surface area (Å²) in [6, 6.07) is 2.13. The van der Waals surface area contributed by atoms with Gasteiger partial charge >= 0.3 is 0 Å². The van der Waals surface area contributed by atoms with E-state index in [0.717, 1.165) is 5.92 Å². The second kappa shape index (κ2) is 7.27. The monoisotopic (exact) mass is 284 g/mol. The van der Waals surface area contributed by atoms with Crippen LogP contribution in [0.25, 0.3) is 0 Å². The van der Waals surface area contributed by atoms with Crippen LogP contribution in [-0.4, -0.2) is 47.8 Å². The van der Waals surface area contributed by atoms with Gasteiger partial charge in [-0.05, 0) is 63.8 Å². The number of nitrogens with one attached hydrogen (secondary N) is 2. The summed E-state index contributed by atoms with van der Waals surface area (Å²) in [5.74, 6) is 1.63. The van der Waals surface area contributed by atoms with Crippen LogP contribution in [-0.2, 0) is 0 Å². The molecule has 0 saturated carbocycles. The molecule has 1 aromatic rings. The summed E-state index contributed by atoms with van der Waals surface area (Å²) >= 11 is 0. The van der Waals surface area contributed by atoms with Gasteiger partial charge in [-0.25, -0.2) is 0 Å². The van der Waals surface area contributed by atoms with Gasteiger partial charge in [0.05, 0.1) is 0 Å². The van der Waals surface area contributed by atoms with Crippen molar-refractivity contribution in [2.75, 3.05) is 32.7 Å². The molecule has 0 atom stereocenters. The second-order valence-corrected chi connectivity index (χ2v) is 5.78. The Morgan fingerprint density at radius 1 is 1.16 bits per heavy atom. The van der Waals surface area contributed by atoms with Crippen LogP contribution in [0.5, 0.6) is 0 Å². The zero-order valence-corrected chi connectivity index (χ0v) is 12.3. The number of aromatic amines is 1. The van der Waals surface area contributed by atoms with E-state index in [1.165, 1.54) is 64.1 Å². The van der Waals surface area contributed by atoms with E-state index in [2.05, 4.69) is 26.5 Å². The van der Waals surface area contributed by atoms with E-state index >= 15 is 0 Å². The lowest BCUT2D eigenvalue weighted by Crippen LogP contribution is -2.39. The summed E-state index contributed by atoms with van der Waals surface area (Å²) < 4.78 is 0. The summed E-state index contributed by atoms with van der Waals surface area (Å²) in [5.41, 5.74) is 1.33. The number of H-pyrrole nitrogens is 1. The van der Waals surface area contributed by atoms with Crippen LogP contribution in [0, 0.1) is 5.92 Å². The average molecular weight is 285 g/mol. The lowest BCUT2D eigenvalue weighted by atomic mass is 9.91. The van der Waals surface area contributed by atoms with Crippen molar-refractivity contribution in [3.63, 3.8) is 0 Å². The summed E-state index contributed by atoms with van der Waals surface area (Å²) in [6.45, 7) is 6.27. The van der Waals surface area contributed by atoms with Crippen molar-refractivity contribution in [1.29, 1.82) is 0 Å². The number of piperidine rings is 2. The fourth-order valence-corrected chi connectivity index (χ4v) is 3.35. The predicted octanol–water partition coefficient (Wildman–Crippen LogP) is 2.01. The summed E-state index contributed by atoms with van der Waals surface area (Å²) in [4.78, 5) is 2.67. The second-order valence-electron chi connectivity index (χ2n) is 5.78. The van der Waals surface area contributed by atoms with E-state index in [-0.39, 0.29) is 12.4 Å². The molecule has 2 aliphatic rings. The van der Waals surface area contributed by atoms with Crippen LogP contribution in [0.2, 0.25) is 0 Å². The van der Waals surface area contributed by atoms with Crippen LogP contribution in [0.15, 0.2) is 12.3 Å². The third-order valence-electron chi connectivity index (χ3n) is 4.52. The number of aromatic nitrogens is 2. The molecule has 5 heteroatoms. The third-order valence-corrected chi connectivity index (χ3v) is 4.52. The Hall–Kier alpha value is -0.580. The van der Waals surface area contributed by atoms with E-state index < -0.39 is 0 Å². The van der Waals surface area contributed by atoms with Crippen molar-refractivity contribution in [2.45, 2.75) is 31.6 Å². The van der Waals surface area contributed by atoms with E-state index in [1.807, 2.05) is 6.20 Å². The van der Waals surface area contributed by atoms with Crippen LogP contribution in [0.3, 0.4) is 0 Å². The first-order chi connectivity index (χ1) is 8.92. The molecular formula is C14H25ClN4. The van der Waals surface area contributed by atoms with Gasteiger partial charge in [0.15, 0.2) is 0 Å². The molecule has 2 saturated heterocycles. The van der Waals surface area contributed by atoms with Crippen LogP contribution in [0.1, 0.15) is 37.3 Å². The van der Waals surface area contributed by atoms with Crippen LogP contribution < -0.4 is 5.32 Å².